The zero-order chi connectivity index (χ0) is 13.0. The number of carbonyl (C=O) groups excluding carboxylic acids is 1. The Bertz CT molecular complexity index is 399. The zero-order valence-corrected chi connectivity index (χ0v) is 11.3. The fourth-order valence-corrected chi connectivity index (χ4v) is 2.00. The summed E-state index contributed by atoms with van der Waals surface area (Å²) >= 11 is 0. The Morgan fingerprint density at radius 2 is 2.06 bits per heavy atom. The molecule has 0 spiro atoms. The molecule has 1 rings (SSSR count). The minimum Gasteiger partial charge on any atom is -0.497 e. The van der Waals surface area contributed by atoms with Gasteiger partial charge in [-0.1, -0.05) is 13.8 Å². The van der Waals surface area contributed by atoms with Crippen molar-refractivity contribution < 1.29 is 9.53 Å². The first-order valence-corrected chi connectivity index (χ1v) is 5.96. The summed E-state index contributed by atoms with van der Waals surface area (Å²) in [7, 11) is 1.64. The fourth-order valence-electron chi connectivity index (χ4n) is 2.00. The van der Waals surface area contributed by atoms with Crippen LogP contribution in [0.25, 0.3) is 0 Å². The number of ketones is 1. The second kappa shape index (κ2) is 5.80. The molecular formula is C14H21NO2. The van der Waals surface area contributed by atoms with E-state index in [0.29, 0.717) is 12.3 Å². The van der Waals surface area contributed by atoms with Gasteiger partial charge in [0, 0.05) is 29.4 Å². The van der Waals surface area contributed by atoms with Crippen molar-refractivity contribution in [2.24, 2.45) is 11.8 Å². The van der Waals surface area contributed by atoms with E-state index in [2.05, 4.69) is 18.8 Å². The SMILES string of the molecule is COc1cc(C)nc(CC(C(C)=O)C(C)C)c1. The van der Waals surface area contributed by atoms with E-state index < -0.39 is 0 Å². The van der Waals surface area contributed by atoms with Crippen LogP contribution in [0.1, 0.15) is 32.2 Å². The van der Waals surface area contributed by atoms with Crippen LogP contribution in [-0.2, 0) is 11.2 Å². The third-order valence-electron chi connectivity index (χ3n) is 2.97. The lowest BCUT2D eigenvalue weighted by Crippen LogP contribution is -2.20. The topological polar surface area (TPSA) is 39.2 Å². The first kappa shape index (κ1) is 13.7. The maximum absolute atomic E-state index is 11.6. The van der Waals surface area contributed by atoms with Gasteiger partial charge in [0.25, 0.3) is 0 Å². The summed E-state index contributed by atoms with van der Waals surface area (Å²) in [5.74, 6) is 1.40. The standard InChI is InChI=1S/C14H21NO2/c1-9(2)14(11(4)16)8-12-7-13(17-5)6-10(3)15-12/h6-7,9,14H,8H2,1-5H3. The van der Waals surface area contributed by atoms with Gasteiger partial charge in [-0.05, 0) is 26.2 Å². The second-order valence-electron chi connectivity index (χ2n) is 4.80. The van der Waals surface area contributed by atoms with Gasteiger partial charge < -0.3 is 4.74 Å². The van der Waals surface area contributed by atoms with E-state index in [1.54, 1.807) is 14.0 Å². The molecule has 17 heavy (non-hydrogen) atoms. The number of aromatic nitrogens is 1. The number of hydrogen-bond donors (Lipinski definition) is 0. The highest BCUT2D eigenvalue weighted by atomic mass is 16.5. The number of aryl methyl sites for hydroxylation is 1. The maximum Gasteiger partial charge on any atom is 0.133 e. The number of rotatable bonds is 5. The van der Waals surface area contributed by atoms with Gasteiger partial charge in [0.1, 0.15) is 11.5 Å². The number of nitrogens with zero attached hydrogens (tertiary/aromatic N) is 1. The monoisotopic (exact) mass is 235 g/mol. The van der Waals surface area contributed by atoms with E-state index in [1.807, 2.05) is 19.1 Å². The molecule has 0 N–H and O–H groups in total. The largest absolute Gasteiger partial charge is 0.497 e. The lowest BCUT2D eigenvalue weighted by Gasteiger charge is -2.17. The Labute approximate surface area is 103 Å². The predicted molar refractivity (Wildman–Crippen MR) is 68.2 cm³/mol. The Balaban J connectivity index is 2.93. The van der Waals surface area contributed by atoms with Gasteiger partial charge in [0.05, 0.1) is 7.11 Å². The van der Waals surface area contributed by atoms with E-state index in [-0.39, 0.29) is 11.7 Å². The summed E-state index contributed by atoms with van der Waals surface area (Å²) < 4.78 is 5.21. The molecule has 0 radical (unpaired) electrons. The number of Topliss-reactive ketones (excluding diaryl/α,β-unsaturated/α-hetero) is 1. The molecule has 0 bridgehead atoms. The van der Waals surface area contributed by atoms with Crippen LogP contribution in [0.3, 0.4) is 0 Å². The van der Waals surface area contributed by atoms with Gasteiger partial charge in [-0.2, -0.15) is 0 Å². The molecule has 0 amide bonds. The van der Waals surface area contributed by atoms with Crippen molar-refractivity contribution in [2.75, 3.05) is 7.11 Å². The molecule has 0 aliphatic rings. The van der Waals surface area contributed by atoms with Crippen molar-refractivity contribution in [3.8, 4) is 5.75 Å². The van der Waals surface area contributed by atoms with Crippen molar-refractivity contribution in [3.63, 3.8) is 0 Å². The molecule has 0 fully saturated rings. The summed E-state index contributed by atoms with van der Waals surface area (Å²) in [6, 6.07) is 3.80. The highest BCUT2D eigenvalue weighted by Gasteiger charge is 2.19. The number of ether oxygens (including phenoxy) is 1. The van der Waals surface area contributed by atoms with Crippen molar-refractivity contribution in [1.29, 1.82) is 0 Å². The highest BCUT2D eigenvalue weighted by Crippen LogP contribution is 2.20. The molecule has 1 atom stereocenters. The van der Waals surface area contributed by atoms with E-state index in [0.717, 1.165) is 17.1 Å². The Hall–Kier alpha value is -1.38. The summed E-state index contributed by atoms with van der Waals surface area (Å²) in [4.78, 5) is 16.0. The van der Waals surface area contributed by atoms with Crippen LogP contribution in [0.2, 0.25) is 0 Å². The molecule has 1 unspecified atom stereocenters. The Morgan fingerprint density at radius 1 is 1.41 bits per heavy atom. The maximum atomic E-state index is 11.6. The number of methoxy groups -OCH3 is 1. The molecule has 0 aromatic carbocycles. The van der Waals surface area contributed by atoms with Crippen molar-refractivity contribution in [1.82, 2.24) is 4.98 Å². The van der Waals surface area contributed by atoms with E-state index in [9.17, 15) is 4.79 Å². The van der Waals surface area contributed by atoms with Gasteiger partial charge in [0.2, 0.25) is 0 Å². The van der Waals surface area contributed by atoms with E-state index in [1.165, 1.54) is 0 Å². The van der Waals surface area contributed by atoms with Gasteiger partial charge in [-0.3, -0.25) is 9.78 Å². The first-order chi connectivity index (χ1) is 7.93. The normalized spacial score (nSPS) is 12.6. The summed E-state index contributed by atoms with van der Waals surface area (Å²) in [6.45, 7) is 7.72. The van der Waals surface area contributed by atoms with E-state index >= 15 is 0 Å². The molecule has 3 nitrogen and oxygen atoms in total. The van der Waals surface area contributed by atoms with Gasteiger partial charge >= 0.3 is 0 Å². The highest BCUT2D eigenvalue weighted by molar-refractivity contribution is 5.78. The van der Waals surface area contributed by atoms with Gasteiger partial charge in [-0.25, -0.2) is 0 Å². The molecule has 1 aromatic rings. The molecule has 3 heteroatoms. The Morgan fingerprint density at radius 3 is 2.53 bits per heavy atom. The lowest BCUT2D eigenvalue weighted by molar-refractivity contribution is -0.121. The van der Waals surface area contributed by atoms with Crippen LogP contribution in [0, 0.1) is 18.8 Å². The minimum atomic E-state index is 0.0361. The summed E-state index contributed by atoms with van der Waals surface area (Å²) in [6.07, 6.45) is 0.686. The van der Waals surface area contributed by atoms with Crippen LogP contribution in [-0.4, -0.2) is 17.9 Å². The van der Waals surface area contributed by atoms with Crippen LogP contribution in [0.4, 0.5) is 0 Å². The van der Waals surface area contributed by atoms with Crippen LogP contribution < -0.4 is 4.74 Å². The van der Waals surface area contributed by atoms with Crippen LogP contribution in [0.15, 0.2) is 12.1 Å². The van der Waals surface area contributed by atoms with Crippen molar-refractivity contribution in [2.45, 2.75) is 34.1 Å². The third-order valence-corrected chi connectivity index (χ3v) is 2.97. The molecule has 0 aliphatic heterocycles. The predicted octanol–water partition coefficient (Wildman–Crippen LogP) is 2.80. The smallest absolute Gasteiger partial charge is 0.133 e. The number of carbonyl (C=O) groups is 1. The van der Waals surface area contributed by atoms with Crippen LogP contribution >= 0.6 is 0 Å². The number of pyridine rings is 1. The average molecular weight is 235 g/mol. The summed E-state index contributed by atoms with van der Waals surface area (Å²) in [5.41, 5.74) is 1.85. The van der Waals surface area contributed by atoms with Crippen molar-refractivity contribution >= 4 is 5.78 Å². The van der Waals surface area contributed by atoms with Gasteiger partial charge in [0.15, 0.2) is 0 Å². The lowest BCUT2D eigenvalue weighted by atomic mass is 9.88. The molecule has 1 heterocycles. The Kier molecular flexibility index (Phi) is 4.67. The van der Waals surface area contributed by atoms with E-state index in [4.69, 9.17) is 4.74 Å². The zero-order valence-electron chi connectivity index (χ0n) is 11.3. The minimum absolute atomic E-state index is 0.0361. The van der Waals surface area contributed by atoms with Gasteiger partial charge in [-0.15, -0.1) is 0 Å². The molecular weight excluding hydrogens is 214 g/mol. The molecule has 0 aliphatic carbocycles. The molecule has 0 saturated carbocycles. The number of hydrogen-bond acceptors (Lipinski definition) is 3. The summed E-state index contributed by atoms with van der Waals surface area (Å²) in [5, 5.41) is 0. The molecule has 94 valence electrons. The second-order valence-corrected chi connectivity index (χ2v) is 4.80. The average Bonchev–Trinajstić information content (AvgIpc) is 2.24. The molecule has 1 aromatic heterocycles. The fraction of sp³-hybridized carbons (Fsp3) is 0.571. The molecule has 0 saturated heterocycles. The van der Waals surface area contributed by atoms with Crippen LogP contribution in [0.5, 0.6) is 5.75 Å². The third kappa shape index (κ3) is 3.84. The quantitative estimate of drug-likeness (QED) is 0.787. The first-order valence-electron chi connectivity index (χ1n) is 5.96. The van der Waals surface area contributed by atoms with Crippen molar-refractivity contribution in [3.05, 3.63) is 23.5 Å².